The number of sulfonamides is 1. The summed E-state index contributed by atoms with van der Waals surface area (Å²) in [5.74, 6) is -1.85. The van der Waals surface area contributed by atoms with Crippen LogP contribution in [0.3, 0.4) is 0 Å². The van der Waals surface area contributed by atoms with Crippen molar-refractivity contribution in [2.45, 2.75) is 40.3 Å². The van der Waals surface area contributed by atoms with Gasteiger partial charge in [0.1, 0.15) is 11.8 Å². The van der Waals surface area contributed by atoms with Gasteiger partial charge < -0.3 is 9.84 Å². The summed E-state index contributed by atoms with van der Waals surface area (Å²) in [6.45, 7) is -0.0249. The van der Waals surface area contributed by atoms with Gasteiger partial charge in [0.15, 0.2) is 0 Å². The lowest BCUT2D eigenvalue weighted by Gasteiger charge is -2.36. The maximum absolute atomic E-state index is 12.9. The van der Waals surface area contributed by atoms with E-state index in [9.17, 15) is 31.5 Å². The fourth-order valence-electron chi connectivity index (χ4n) is 3.09. The Morgan fingerprint density at radius 2 is 1.80 bits per heavy atom. The molecular formula is C18H17F3N2O5S2. The minimum Gasteiger partial charge on any atom is -0.480 e. The second-order valence-corrected chi connectivity index (χ2v) is 9.70. The van der Waals surface area contributed by atoms with Gasteiger partial charge in [-0.15, -0.1) is 24.9 Å². The molecular weight excluding hydrogens is 445 g/mol. The number of piperidine rings is 1. The minimum atomic E-state index is -4.90. The normalized spacial score (nSPS) is 20.6. The third-order valence-electron chi connectivity index (χ3n) is 4.41. The molecule has 2 heterocycles. The van der Waals surface area contributed by atoms with Crippen LogP contribution in [-0.2, 0) is 14.8 Å². The van der Waals surface area contributed by atoms with Gasteiger partial charge in [-0.1, -0.05) is 0 Å². The van der Waals surface area contributed by atoms with Crippen LogP contribution in [0, 0.1) is 0 Å². The van der Waals surface area contributed by atoms with E-state index in [4.69, 9.17) is 0 Å². The highest BCUT2D eigenvalue weighted by atomic mass is 32.2. The molecule has 1 saturated heterocycles. The van der Waals surface area contributed by atoms with Gasteiger partial charge in [0.2, 0.25) is 10.0 Å². The van der Waals surface area contributed by atoms with Crippen LogP contribution in [0.2, 0.25) is 0 Å². The van der Waals surface area contributed by atoms with E-state index in [2.05, 4.69) is 9.72 Å². The number of thioether (sulfide) groups is 1. The van der Waals surface area contributed by atoms with Crippen LogP contribution in [0.5, 0.6) is 5.75 Å². The Morgan fingerprint density at radius 1 is 1.17 bits per heavy atom. The number of aliphatic carboxylic acids is 1. The average molecular weight is 462 g/mol. The zero-order valence-corrected chi connectivity index (χ0v) is 17.0. The van der Waals surface area contributed by atoms with Crippen molar-refractivity contribution in [3.63, 3.8) is 0 Å². The van der Waals surface area contributed by atoms with Gasteiger partial charge in [-0.2, -0.15) is 4.31 Å². The third kappa shape index (κ3) is 5.43. The minimum absolute atomic E-state index is 0.0249. The van der Waals surface area contributed by atoms with Crippen LogP contribution in [0.1, 0.15) is 12.8 Å². The first kappa shape index (κ1) is 22.4. The quantitative estimate of drug-likeness (QED) is 0.703. The summed E-state index contributed by atoms with van der Waals surface area (Å²) in [4.78, 5) is 16.3. The van der Waals surface area contributed by atoms with E-state index in [1.807, 2.05) is 0 Å². The van der Waals surface area contributed by atoms with Crippen LogP contribution >= 0.6 is 11.8 Å². The van der Waals surface area contributed by atoms with Crippen molar-refractivity contribution in [2.24, 2.45) is 0 Å². The van der Waals surface area contributed by atoms with Crippen molar-refractivity contribution in [1.82, 2.24) is 9.29 Å². The molecule has 0 spiro atoms. The summed E-state index contributed by atoms with van der Waals surface area (Å²) >= 11 is 1.45. The highest BCUT2D eigenvalue weighted by molar-refractivity contribution is 8.00. The molecule has 0 aliphatic carbocycles. The number of aromatic nitrogens is 1. The molecule has 2 aromatic rings. The van der Waals surface area contributed by atoms with Gasteiger partial charge in [-0.3, -0.25) is 9.78 Å². The van der Waals surface area contributed by atoms with Gasteiger partial charge in [-0.25, -0.2) is 8.42 Å². The summed E-state index contributed by atoms with van der Waals surface area (Å²) in [5, 5.41) is 9.50. The largest absolute Gasteiger partial charge is 0.573 e. The number of alkyl halides is 3. The van der Waals surface area contributed by atoms with E-state index in [0.29, 0.717) is 6.42 Å². The number of benzene rings is 1. The zero-order chi connectivity index (χ0) is 21.9. The smallest absolute Gasteiger partial charge is 0.480 e. The second-order valence-electron chi connectivity index (χ2n) is 6.44. The first-order valence-corrected chi connectivity index (χ1v) is 11.1. The van der Waals surface area contributed by atoms with Gasteiger partial charge in [0.05, 0.1) is 4.90 Å². The van der Waals surface area contributed by atoms with E-state index in [0.717, 1.165) is 33.5 Å². The van der Waals surface area contributed by atoms with E-state index in [-0.39, 0.29) is 23.1 Å². The number of nitrogens with zero attached hydrogens (tertiary/aromatic N) is 2. The SMILES string of the molecule is O=C(O)[C@H]1C[C@H](Sc2ccncc2)CCN1S(=O)(=O)c1ccc(OC(F)(F)F)cc1. The van der Waals surface area contributed by atoms with E-state index in [1.165, 1.54) is 11.8 Å². The topological polar surface area (TPSA) is 96.8 Å². The third-order valence-corrected chi connectivity index (χ3v) is 7.63. The molecule has 1 aliphatic heterocycles. The molecule has 12 heteroatoms. The number of ether oxygens (including phenoxy) is 1. The molecule has 0 bridgehead atoms. The number of halogens is 3. The maximum Gasteiger partial charge on any atom is 0.573 e. The average Bonchev–Trinajstić information content (AvgIpc) is 2.68. The molecule has 1 aromatic carbocycles. The molecule has 0 amide bonds. The lowest BCUT2D eigenvalue weighted by atomic mass is 10.0. The highest BCUT2D eigenvalue weighted by Gasteiger charge is 2.41. The first-order chi connectivity index (χ1) is 14.1. The van der Waals surface area contributed by atoms with Crippen molar-refractivity contribution in [3.05, 3.63) is 48.8 Å². The molecule has 2 atom stereocenters. The molecule has 30 heavy (non-hydrogen) atoms. The monoisotopic (exact) mass is 462 g/mol. The van der Waals surface area contributed by atoms with Crippen LogP contribution in [0.25, 0.3) is 0 Å². The number of hydrogen-bond acceptors (Lipinski definition) is 6. The number of carboxylic acid groups (broad SMARTS) is 1. The van der Waals surface area contributed by atoms with Crippen molar-refractivity contribution in [1.29, 1.82) is 0 Å². The summed E-state index contributed by atoms with van der Waals surface area (Å²) < 4.78 is 67.4. The van der Waals surface area contributed by atoms with E-state index < -0.39 is 34.1 Å². The van der Waals surface area contributed by atoms with Gasteiger partial charge >= 0.3 is 12.3 Å². The molecule has 1 N–H and O–H groups in total. The van der Waals surface area contributed by atoms with Gasteiger partial charge in [0, 0.05) is 29.1 Å². The molecule has 0 unspecified atom stereocenters. The Hall–Kier alpha value is -2.31. The van der Waals surface area contributed by atoms with Crippen LogP contribution < -0.4 is 4.74 Å². The number of carbonyl (C=O) groups is 1. The van der Waals surface area contributed by atoms with Crippen molar-refractivity contribution in [2.75, 3.05) is 6.54 Å². The number of rotatable bonds is 6. The van der Waals surface area contributed by atoms with Crippen molar-refractivity contribution >= 4 is 27.8 Å². The maximum atomic E-state index is 12.9. The Balaban J connectivity index is 1.77. The molecule has 0 radical (unpaired) electrons. The Kier molecular flexibility index (Phi) is 6.58. The second kappa shape index (κ2) is 8.82. The molecule has 162 valence electrons. The summed E-state index contributed by atoms with van der Waals surface area (Å²) in [6.07, 6.45) is -1.16. The first-order valence-electron chi connectivity index (χ1n) is 8.73. The molecule has 0 saturated carbocycles. The Morgan fingerprint density at radius 3 is 2.37 bits per heavy atom. The summed E-state index contributed by atoms with van der Waals surface area (Å²) in [6, 6.07) is 5.97. The zero-order valence-electron chi connectivity index (χ0n) is 15.3. The number of pyridine rings is 1. The fourth-order valence-corrected chi connectivity index (χ4v) is 5.86. The fraction of sp³-hybridized carbons (Fsp3) is 0.333. The van der Waals surface area contributed by atoms with E-state index in [1.54, 1.807) is 24.5 Å². The number of hydrogen-bond donors (Lipinski definition) is 1. The number of carboxylic acids is 1. The molecule has 1 aliphatic rings. The van der Waals surface area contributed by atoms with Crippen molar-refractivity contribution in [3.8, 4) is 5.75 Å². The Bertz CT molecular complexity index is 985. The summed E-state index contributed by atoms with van der Waals surface area (Å²) in [5.41, 5.74) is 0. The molecule has 1 fully saturated rings. The van der Waals surface area contributed by atoms with Crippen LogP contribution in [0.4, 0.5) is 13.2 Å². The molecule has 3 rings (SSSR count). The highest BCUT2D eigenvalue weighted by Crippen LogP contribution is 2.35. The van der Waals surface area contributed by atoms with Gasteiger partial charge in [-0.05, 0) is 49.2 Å². The standard InChI is InChI=1S/C18H17F3N2O5S2/c19-18(20,21)28-12-1-3-15(4-2-12)30(26,27)23-10-7-14(11-16(23)17(24)25)29-13-5-8-22-9-6-13/h1-6,8-9,14,16H,7,10-11H2,(H,24,25)/t14-,16-/m1/s1. The van der Waals surface area contributed by atoms with Crippen LogP contribution in [0.15, 0.2) is 58.6 Å². The molecule has 1 aromatic heterocycles. The summed E-state index contributed by atoms with van der Waals surface area (Å²) in [7, 11) is -4.22. The predicted molar refractivity (Wildman–Crippen MR) is 102 cm³/mol. The predicted octanol–water partition coefficient (Wildman–Crippen LogP) is 3.38. The van der Waals surface area contributed by atoms with Gasteiger partial charge in [0.25, 0.3) is 0 Å². The lowest BCUT2D eigenvalue weighted by Crippen LogP contribution is -2.50. The Labute approximate surface area is 174 Å². The van der Waals surface area contributed by atoms with E-state index >= 15 is 0 Å². The molecule has 7 nitrogen and oxygen atoms in total. The van der Waals surface area contributed by atoms with Crippen molar-refractivity contribution < 1.29 is 36.2 Å². The van der Waals surface area contributed by atoms with Crippen LogP contribution in [-0.4, -0.2) is 53.0 Å². The lowest BCUT2D eigenvalue weighted by molar-refractivity contribution is -0.274.